The van der Waals surface area contributed by atoms with Gasteiger partial charge < -0.3 is 15.3 Å². The molecule has 5 heteroatoms. The second kappa shape index (κ2) is 96.8. The summed E-state index contributed by atoms with van der Waals surface area (Å²) in [7, 11) is 0. The highest BCUT2D eigenvalue weighted by molar-refractivity contribution is 3.84. The van der Waals surface area contributed by atoms with Crippen molar-refractivity contribution in [1.82, 2.24) is 0 Å². The van der Waals surface area contributed by atoms with Crippen molar-refractivity contribution in [2.75, 3.05) is 19.8 Å². The number of rotatable bonds is 0. The van der Waals surface area contributed by atoms with Crippen LogP contribution in [0.3, 0.4) is 0 Å². The van der Waals surface area contributed by atoms with E-state index in [-0.39, 0.29) is 19.8 Å². The summed E-state index contributed by atoms with van der Waals surface area (Å²) in [4.78, 5) is 0. The van der Waals surface area contributed by atoms with Gasteiger partial charge in [-0.2, -0.15) is 0 Å². The first-order valence-electron chi connectivity index (χ1n) is 3.40. The van der Waals surface area contributed by atoms with E-state index < -0.39 is 0 Å². The molecule has 5 nitrogen and oxygen atoms in total. The summed E-state index contributed by atoms with van der Waals surface area (Å²) >= 11 is 0. The molecule has 0 amide bonds. The van der Waals surface area contributed by atoms with E-state index in [4.69, 9.17) is 15.3 Å². The van der Waals surface area contributed by atoms with Crippen LogP contribution in [-0.2, 0) is 0 Å². The fourth-order valence-electron chi connectivity index (χ4n) is 0. The molecule has 0 aromatic carbocycles. The van der Waals surface area contributed by atoms with E-state index in [0.717, 1.165) is 0 Å². The topological polar surface area (TPSA) is 113 Å². The minimum atomic E-state index is 0.250. The van der Waals surface area contributed by atoms with Crippen LogP contribution in [0.2, 0.25) is 0 Å². The average molecular weight is 170 g/mol. The van der Waals surface area contributed by atoms with Crippen molar-refractivity contribution in [2.24, 2.45) is 11.7 Å². The molecule has 0 bridgehead atoms. The predicted molar refractivity (Wildman–Crippen MR) is 46.7 cm³/mol. The lowest BCUT2D eigenvalue weighted by Gasteiger charge is -1.52. The van der Waals surface area contributed by atoms with E-state index in [2.05, 4.69) is 11.7 Å². The Kier molecular flexibility index (Phi) is 197. The molecule has 7 N–H and O–H groups in total. The highest BCUT2D eigenvalue weighted by atomic mass is 16.3. The van der Waals surface area contributed by atoms with Crippen molar-refractivity contribution < 1.29 is 15.3 Å². The summed E-state index contributed by atoms with van der Waals surface area (Å²) in [6.07, 6.45) is 0. The number of aliphatic hydroxyl groups is 3. The summed E-state index contributed by atoms with van der Waals surface area (Å²) < 4.78 is 0. The Balaban J connectivity index is -0.0000000301. The van der Waals surface area contributed by atoms with Gasteiger partial charge in [-0.25, -0.2) is 0 Å². The van der Waals surface area contributed by atoms with E-state index >= 15 is 0 Å². The Labute approximate surface area is 68.6 Å². The first kappa shape index (κ1) is 22.4. The number of hydrazine groups is 1. The van der Waals surface area contributed by atoms with E-state index in [1.54, 1.807) is 20.8 Å². The monoisotopic (exact) mass is 170 g/mol. The highest BCUT2D eigenvalue weighted by Crippen LogP contribution is 1.30. The van der Waals surface area contributed by atoms with Crippen molar-refractivity contribution >= 4 is 0 Å². The summed E-state index contributed by atoms with van der Waals surface area (Å²) in [5.74, 6) is 8.00. The minimum absolute atomic E-state index is 0.250. The Morgan fingerprint density at radius 2 is 0.727 bits per heavy atom. The zero-order valence-corrected chi connectivity index (χ0v) is 7.62. The molecule has 11 heavy (non-hydrogen) atoms. The quantitative estimate of drug-likeness (QED) is 0.232. The molecule has 0 aromatic heterocycles. The molecule has 0 unspecified atom stereocenters. The van der Waals surface area contributed by atoms with Gasteiger partial charge in [-0.15, -0.1) is 0 Å². The van der Waals surface area contributed by atoms with Crippen molar-refractivity contribution in [1.29, 1.82) is 0 Å². The molecule has 0 radical (unpaired) electrons. The Hall–Kier alpha value is -0.200. The van der Waals surface area contributed by atoms with Gasteiger partial charge in [0.05, 0.1) is 0 Å². The van der Waals surface area contributed by atoms with Crippen LogP contribution in [0.5, 0.6) is 0 Å². The first-order chi connectivity index (χ1) is 5.24. The molecule has 0 aliphatic heterocycles. The third-order valence-electron chi connectivity index (χ3n) is 0. The summed E-state index contributed by atoms with van der Waals surface area (Å²) in [6.45, 7) is 5.79. The van der Waals surface area contributed by atoms with Gasteiger partial charge in [-0.05, 0) is 20.8 Å². The molecule has 0 saturated carbocycles. The fraction of sp³-hybridized carbons (Fsp3) is 1.00. The van der Waals surface area contributed by atoms with Crippen LogP contribution in [-0.4, -0.2) is 35.1 Å². The molecule has 0 atom stereocenters. The van der Waals surface area contributed by atoms with Crippen LogP contribution < -0.4 is 11.7 Å². The van der Waals surface area contributed by atoms with Gasteiger partial charge >= 0.3 is 0 Å². The second-order valence-electron chi connectivity index (χ2n) is 0.949. The molecule has 74 valence electrons. The summed E-state index contributed by atoms with van der Waals surface area (Å²) in [5.41, 5.74) is 0. The zero-order valence-electron chi connectivity index (χ0n) is 7.62. The van der Waals surface area contributed by atoms with Crippen LogP contribution in [0.4, 0.5) is 0 Å². The van der Waals surface area contributed by atoms with Gasteiger partial charge in [0.15, 0.2) is 0 Å². The van der Waals surface area contributed by atoms with E-state index in [1.165, 1.54) is 0 Å². The van der Waals surface area contributed by atoms with Crippen LogP contribution >= 0.6 is 0 Å². The largest absolute Gasteiger partial charge is 0.397 e. The van der Waals surface area contributed by atoms with E-state index in [1.807, 2.05) is 0 Å². The molecule has 0 rings (SSSR count). The van der Waals surface area contributed by atoms with Gasteiger partial charge in [0.2, 0.25) is 0 Å². The lowest BCUT2D eigenvalue weighted by molar-refractivity contribution is 0.318. The highest BCUT2D eigenvalue weighted by Gasteiger charge is 1.35. The lowest BCUT2D eigenvalue weighted by atomic mass is 10.9. The number of nitrogens with two attached hydrogens (primary N) is 2. The standard InChI is InChI=1S/3C2H6O.H4N2/c3*1-2-3;1-2/h3*3H,2H2,1H3;1-2H2. The normalized spacial score (nSPS) is 5.45. The summed E-state index contributed by atoms with van der Waals surface area (Å²) in [6, 6.07) is 0. The van der Waals surface area contributed by atoms with Crippen LogP contribution in [0, 0.1) is 0 Å². The third kappa shape index (κ3) is 14900. The lowest BCUT2D eigenvalue weighted by Crippen LogP contribution is -2.02. The smallest absolute Gasteiger partial charge is 0.0402 e. The molecular weight excluding hydrogens is 148 g/mol. The molecule has 0 aliphatic rings. The molecule has 0 heterocycles. The van der Waals surface area contributed by atoms with Crippen LogP contribution in [0.1, 0.15) is 20.8 Å². The number of hydrogen-bond acceptors (Lipinski definition) is 5. The molecule has 0 aromatic rings. The molecule has 0 saturated heterocycles. The number of hydrogen-bond donors (Lipinski definition) is 5. The minimum Gasteiger partial charge on any atom is -0.397 e. The maximum Gasteiger partial charge on any atom is 0.0402 e. The van der Waals surface area contributed by atoms with Gasteiger partial charge in [0.25, 0.3) is 0 Å². The van der Waals surface area contributed by atoms with E-state index in [9.17, 15) is 0 Å². The Morgan fingerprint density at radius 3 is 0.727 bits per heavy atom. The van der Waals surface area contributed by atoms with Crippen molar-refractivity contribution in [3.8, 4) is 0 Å². The van der Waals surface area contributed by atoms with Gasteiger partial charge in [-0.3, -0.25) is 11.7 Å². The van der Waals surface area contributed by atoms with Gasteiger partial charge in [0, 0.05) is 19.8 Å². The van der Waals surface area contributed by atoms with Crippen LogP contribution in [0.15, 0.2) is 0 Å². The average Bonchev–Trinajstić information content (AvgIpc) is 1.96. The first-order valence-corrected chi connectivity index (χ1v) is 3.40. The maximum atomic E-state index is 7.57. The van der Waals surface area contributed by atoms with E-state index in [0.29, 0.717) is 0 Å². The fourth-order valence-corrected chi connectivity index (χ4v) is 0. The second-order valence-corrected chi connectivity index (χ2v) is 0.949. The van der Waals surface area contributed by atoms with Crippen molar-refractivity contribution in [3.63, 3.8) is 0 Å². The Morgan fingerprint density at radius 1 is 0.727 bits per heavy atom. The predicted octanol–water partition coefficient (Wildman–Crippen LogP) is -1.19. The van der Waals surface area contributed by atoms with Crippen LogP contribution in [0.25, 0.3) is 0 Å². The van der Waals surface area contributed by atoms with Crippen molar-refractivity contribution in [2.45, 2.75) is 20.8 Å². The van der Waals surface area contributed by atoms with Crippen molar-refractivity contribution in [3.05, 3.63) is 0 Å². The zero-order chi connectivity index (χ0) is 10.1. The third-order valence-corrected chi connectivity index (χ3v) is 0. The van der Waals surface area contributed by atoms with Gasteiger partial charge in [-0.1, -0.05) is 0 Å². The summed E-state index contributed by atoms with van der Waals surface area (Å²) in [5, 5.41) is 22.7. The molecule has 0 spiro atoms. The molecule has 0 aliphatic carbocycles. The van der Waals surface area contributed by atoms with Gasteiger partial charge in [0.1, 0.15) is 0 Å². The molecular formula is C6H22N2O3. The molecule has 0 fully saturated rings. The Bertz CT molecular complexity index is 20.5. The maximum absolute atomic E-state index is 7.57. The number of aliphatic hydroxyl groups excluding tert-OH is 3. The SMILES string of the molecule is CCO.CCO.CCO.NN.